The molecule has 0 unspecified atom stereocenters. The summed E-state index contributed by atoms with van der Waals surface area (Å²) in [7, 11) is 3.32. The summed E-state index contributed by atoms with van der Waals surface area (Å²) in [4.78, 5) is 18.2. The third-order valence-corrected chi connectivity index (χ3v) is 4.09. The number of amides is 1. The molecule has 0 aromatic carbocycles. The quantitative estimate of drug-likeness (QED) is 0.206. The number of hydrogen-bond acceptors (Lipinski definition) is 4. The van der Waals surface area contributed by atoms with Gasteiger partial charge in [-0.25, -0.2) is 0 Å². The Hall–Kier alpha value is -0.610. The molecule has 7 nitrogen and oxygen atoms in total. The number of methoxy groups -OCH3 is 1. The standard InChI is InChI=1S/C16H33N5O2.HI/c1-14-5-10-21(11-6-14)9-4-7-19-16(17-2)20-13-15(22)18-8-12-23-3;/h14H,4-13H2,1-3H3,(H,18,22)(H2,17,19,20);1H. The van der Waals surface area contributed by atoms with Crippen LogP contribution in [0, 0.1) is 5.92 Å². The van der Waals surface area contributed by atoms with Gasteiger partial charge in [-0.2, -0.15) is 0 Å². The Balaban J connectivity index is 0.00000529. The van der Waals surface area contributed by atoms with Gasteiger partial charge in [0.25, 0.3) is 0 Å². The van der Waals surface area contributed by atoms with Crippen LogP contribution in [-0.2, 0) is 9.53 Å². The molecule has 0 atom stereocenters. The molecule has 0 radical (unpaired) electrons. The van der Waals surface area contributed by atoms with E-state index in [0.717, 1.165) is 25.4 Å². The molecule has 0 aromatic heterocycles. The smallest absolute Gasteiger partial charge is 0.239 e. The van der Waals surface area contributed by atoms with E-state index in [4.69, 9.17) is 4.74 Å². The number of carbonyl (C=O) groups excluding carboxylic acids is 1. The van der Waals surface area contributed by atoms with Crippen molar-refractivity contribution in [3.63, 3.8) is 0 Å². The molecule has 1 saturated heterocycles. The van der Waals surface area contributed by atoms with Crippen molar-refractivity contribution in [1.29, 1.82) is 0 Å². The van der Waals surface area contributed by atoms with E-state index in [-0.39, 0.29) is 36.4 Å². The molecular formula is C16H34IN5O2. The third-order valence-electron chi connectivity index (χ3n) is 4.09. The van der Waals surface area contributed by atoms with Crippen molar-refractivity contribution >= 4 is 35.8 Å². The van der Waals surface area contributed by atoms with Crippen LogP contribution in [0.1, 0.15) is 26.2 Å². The Labute approximate surface area is 163 Å². The lowest BCUT2D eigenvalue weighted by Crippen LogP contribution is -2.44. The van der Waals surface area contributed by atoms with Crippen LogP contribution in [0.4, 0.5) is 0 Å². The maximum atomic E-state index is 11.6. The molecule has 142 valence electrons. The molecular weight excluding hydrogens is 421 g/mol. The average Bonchev–Trinajstić information content (AvgIpc) is 2.56. The molecule has 1 rings (SSSR count). The van der Waals surface area contributed by atoms with Crippen molar-refractivity contribution in [3.8, 4) is 0 Å². The minimum absolute atomic E-state index is 0. The molecule has 8 heteroatoms. The van der Waals surface area contributed by atoms with Crippen molar-refractivity contribution in [2.45, 2.75) is 26.2 Å². The zero-order chi connectivity index (χ0) is 16.9. The lowest BCUT2D eigenvalue weighted by molar-refractivity contribution is -0.120. The predicted octanol–water partition coefficient (Wildman–Crippen LogP) is 0.654. The lowest BCUT2D eigenvalue weighted by Gasteiger charge is -2.30. The van der Waals surface area contributed by atoms with Crippen molar-refractivity contribution in [3.05, 3.63) is 0 Å². The number of likely N-dealkylation sites (tertiary alicyclic amines) is 1. The van der Waals surface area contributed by atoms with Gasteiger partial charge in [0.1, 0.15) is 0 Å². The van der Waals surface area contributed by atoms with Crippen molar-refractivity contribution in [2.24, 2.45) is 10.9 Å². The Bertz CT molecular complexity index is 360. The highest BCUT2D eigenvalue weighted by Crippen LogP contribution is 2.15. The monoisotopic (exact) mass is 455 g/mol. The summed E-state index contributed by atoms with van der Waals surface area (Å²) < 4.78 is 4.89. The highest BCUT2D eigenvalue weighted by molar-refractivity contribution is 14.0. The minimum Gasteiger partial charge on any atom is -0.383 e. The maximum absolute atomic E-state index is 11.6. The number of guanidine groups is 1. The molecule has 24 heavy (non-hydrogen) atoms. The van der Waals surface area contributed by atoms with Crippen LogP contribution < -0.4 is 16.0 Å². The van der Waals surface area contributed by atoms with Gasteiger partial charge in [0.2, 0.25) is 5.91 Å². The summed E-state index contributed by atoms with van der Waals surface area (Å²) in [5, 5.41) is 9.02. The molecule has 1 fully saturated rings. The van der Waals surface area contributed by atoms with E-state index in [1.54, 1.807) is 14.2 Å². The van der Waals surface area contributed by atoms with E-state index in [1.165, 1.54) is 25.9 Å². The molecule has 0 saturated carbocycles. The summed E-state index contributed by atoms with van der Waals surface area (Å²) in [5.41, 5.74) is 0. The molecule has 1 aliphatic heterocycles. The minimum atomic E-state index is -0.0626. The highest BCUT2D eigenvalue weighted by atomic mass is 127. The number of nitrogens with zero attached hydrogens (tertiary/aromatic N) is 2. The molecule has 0 bridgehead atoms. The summed E-state index contributed by atoms with van der Waals surface area (Å²) in [6.07, 6.45) is 3.71. The van der Waals surface area contributed by atoms with E-state index in [2.05, 4.69) is 32.8 Å². The van der Waals surface area contributed by atoms with Gasteiger partial charge < -0.3 is 25.6 Å². The first-order chi connectivity index (χ1) is 11.2. The van der Waals surface area contributed by atoms with Crippen LogP contribution in [0.2, 0.25) is 0 Å². The maximum Gasteiger partial charge on any atom is 0.239 e. The van der Waals surface area contributed by atoms with Gasteiger partial charge in [-0.1, -0.05) is 6.92 Å². The second kappa shape index (κ2) is 14.7. The Morgan fingerprint density at radius 3 is 2.54 bits per heavy atom. The molecule has 3 N–H and O–H groups in total. The molecule has 1 heterocycles. The average molecular weight is 455 g/mol. The van der Waals surface area contributed by atoms with Gasteiger partial charge in [0, 0.05) is 27.2 Å². The van der Waals surface area contributed by atoms with E-state index in [0.29, 0.717) is 19.1 Å². The number of halogens is 1. The van der Waals surface area contributed by atoms with Gasteiger partial charge in [0.15, 0.2) is 5.96 Å². The van der Waals surface area contributed by atoms with Gasteiger partial charge in [-0.05, 0) is 44.8 Å². The first kappa shape index (κ1) is 23.4. The second-order valence-corrected chi connectivity index (χ2v) is 6.07. The normalized spacial score (nSPS) is 16.4. The molecule has 1 aliphatic rings. The highest BCUT2D eigenvalue weighted by Gasteiger charge is 2.14. The molecule has 1 amide bonds. The van der Waals surface area contributed by atoms with Crippen molar-refractivity contribution in [1.82, 2.24) is 20.9 Å². The third kappa shape index (κ3) is 11.0. The fourth-order valence-electron chi connectivity index (χ4n) is 2.53. The SMILES string of the molecule is CN=C(NCCCN1CCC(C)CC1)NCC(=O)NCCOC.I. The Morgan fingerprint density at radius 2 is 1.92 bits per heavy atom. The van der Waals surface area contributed by atoms with Crippen LogP contribution in [0.25, 0.3) is 0 Å². The lowest BCUT2D eigenvalue weighted by atomic mass is 9.99. The first-order valence-electron chi connectivity index (χ1n) is 8.58. The number of nitrogens with one attached hydrogen (secondary N) is 3. The van der Waals surface area contributed by atoms with Gasteiger partial charge in [-0.3, -0.25) is 9.79 Å². The topological polar surface area (TPSA) is 78.0 Å². The molecule has 0 aromatic rings. The predicted molar refractivity (Wildman–Crippen MR) is 109 cm³/mol. The Kier molecular flexibility index (Phi) is 14.3. The Morgan fingerprint density at radius 1 is 1.21 bits per heavy atom. The summed E-state index contributed by atoms with van der Waals surface area (Å²) in [5.74, 6) is 1.48. The van der Waals surface area contributed by atoms with E-state index >= 15 is 0 Å². The first-order valence-corrected chi connectivity index (χ1v) is 8.58. The number of carbonyl (C=O) groups is 1. The number of hydrogen-bond donors (Lipinski definition) is 3. The van der Waals surface area contributed by atoms with Gasteiger partial charge >= 0.3 is 0 Å². The van der Waals surface area contributed by atoms with Crippen LogP contribution >= 0.6 is 24.0 Å². The van der Waals surface area contributed by atoms with E-state index in [9.17, 15) is 4.79 Å². The largest absolute Gasteiger partial charge is 0.383 e. The van der Waals surface area contributed by atoms with E-state index in [1.807, 2.05) is 0 Å². The number of aliphatic imine (C=N–C) groups is 1. The molecule has 0 aliphatic carbocycles. The van der Waals surface area contributed by atoms with Crippen molar-refractivity contribution < 1.29 is 9.53 Å². The molecule has 0 spiro atoms. The summed E-state index contributed by atoms with van der Waals surface area (Å²) in [6.45, 7) is 8.01. The zero-order valence-corrected chi connectivity index (χ0v) is 17.6. The van der Waals surface area contributed by atoms with Crippen LogP contribution in [0.15, 0.2) is 4.99 Å². The summed E-state index contributed by atoms with van der Waals surface area (Å²) in [6, 6.07) is 0. The fraction of sp³-hybridized carbons (Fsp3) is 0.875. The number of ether oxygens (including phenoxy) is 1. The number of piperidine rings is 1. The van der Waals surface area contributed by atoms with Gasteiger partial charge in [-0.15, -0.1) is 24.0 Å². The second-order valence-electron chi connectivity index (χ2n) is 6.07. The summed E-state index contributed by atoms with van der Waals surface area (Å²) >= 11 is 0. The van der Waals surface area contributed by atoms with E-state index < -0.39 is 0 Å². The van der Waals surface area contributed by atoms with Crippen molar-refractivity contribution in [2.75, 3.05) is 60.0 Å². The van der Waals surface area contributed by atoms with Crippen LogP contribution in [0.3, 0.4) is 0 Å². The number of rotatable bonds is 9. The van der Waals surface area contributed by atoms with Gasteiger partial charge in [0.05, 0.1) is 13.2 Å². The van der Waals surface area contributed by atoms with Crippen LogP contribution in [0.5, 0.6) is 0 Å². The fourth-order valence-corrected chi connectivity index (χ4v) is 2.53. The zero-order valence-electron chi connectivity index (χ0n) is 15.3. The van der Waals surface area contributed by atoms with Crippen LogP contribution in [-0.4, -0.2) is 76.8 Å².